The zero-order chi connectivity index (χ0) is 11.6. The van der Waals surface area contributed by atoms with Crippen LogP contribution < -0.4 is 5.32 Å². The third-order valence-electron chi connectivity index (χ3n) is 3.46. The van der Waals surface area contributed by atoms with Crippen LogP contribution in [-0.2, 0) is 9.47 Å². The monoisotopic (exact) mass is 229 g/mol. The SMILES string of the molecule is COCCCOCCN[C@H](C)C1CCCC1. The Labute approximate surface area is 99.9 Å². The molecule has 1 aliphatic carbocycles. The molecule has 3 heteroatoms. The molecule has 3 nitrogen and oxygen atoms in total. The highest BCUT2D eigenvalue weighted by molar-refractivity contribution is 4.76. The fraction of sp³-hybridized carbons (Fsp3) is 1.00. The van der Waals surface area contributed by atoms with E-state index in [0.717, 1.165) is 38.7 Å². The van der Waals surface area contributed by atoms with E-state index in [1.165, 1.54) is 25.7 Å². The first kappa shape index (κ1) is 13.9. The smallest absolute Gasteiger partial charge is 0.0591 e. The van der Waals surface area contributed by atoms with Gasteiger partial charge in [-0.1, -0.05) is 12.8 Å². The van der Waals surface area contributed by atoms with Crippen molar-refractivity contribution < 1.29 is 9.47 Å². The van der Waals surface area contributed by atoms with Crippen molar-refractivity contribution in [3.8, 4) is 0 Å². The Morgan fingerprint density at radius 2 is 1.94 bits per heavy atom. The zero-order valence-electron chi connectivity index (χ0n) is 10.8. The standard InChI is InChI=1S/C13H27NO2/c1-12(13-6-3-4-7-13)14-8-11-16-10-5-9-15-2/h12-14H,3-11H2,1-2H3/t12-/m1/s1. The number of hydrogen-bond donors (Lipinski definition) is 1. The summed E-state index contributed by atoms with van der Waals surface area (Å²) in [6, 6.07) is 0.657. The summed E-state index contributed by atoms with van der Waals surface area (Å²) in [5, 5.41) is 3.56. The van der Waals surface area contributed by atoms with E-state index in [9.17, 15) is 0 Å². The van der Waals surface area contributed by atoms with Gasteiger partial charge in [0.25, 0.3) is 0 Å². The Bertz CT molecular complexity index is 158. The van der Waals surface area contributed by atoms with Gasteiger partial charge in [0.15, 0.2) is 0 Å². The fourth-order valence-corrected chi connectivity index (χ4v) is 2.39. The van der Waals surface area contributed by atoms with Crippen LogP contribution in [0.25, 0.3) is 0 Å². The third-order valence-corrected chi connectivity index (χ3v) is 3.46. The van der Waals surface area contributed by atoms with E-state index in [-0.39, 0.29) is 0 Å². The van der Waals surface area contributed by atoms with Crippen molar-refractivity contribution in [3.05, 3.63) is 0 Å². The van der Waals surface area contributed by atoms with Crippen molar-refractivity contribution >= 4 is 0 Å². The van der Waals surface area contributed by atoms with Crippen LogP contribution in [0, 0.1) is 5.92 Å². The molecule has 16 heavy (non-hydrogen) atoms. The summed E-state index contributed by atoms with van der Waals surface area (Å²) in [5.74, 6) is 0.897. The maximum absolute atomic E-state index is 5.51. The molecular weight excluding hydrogens is 202 g/mol. The maximum atomic E-state index is 5.51. The molecule has 0 aromatic carbocycles. The summed E-state index contributed by atoms with van der Waals surface area (Å²) < 4.78 is 10.5. The van der Waals surface area contributed by atoms with Crippen molar-refractivity contribution in [1.82, 2.24) is 5.32 Å². The number of nitrogens with one attached hydrogen (secondary N) is 1. The summed E-state index contributed by atoms with van der Waals surface area (Å²) in [5.41, 5.74) is 0. The Balaban J connectivity index is 1.86. The van der Waals surface area contributed by atoms with E-state index >= 15 is 0 Å². The Morgan fingerprint density at radius 3 is 2.62 bits per heavy atom. The molecule has 0 bridgehead atoms. The first-order valence-corrected chi connectivity index (χ1v) is 6.64. The first-order chi connectivity index (χ1) is 7.84. The highest BCUT2D eigenvalue weighted by Gasteiger charge is 2.20. The van der Waals surface area contributed by atoms with Gasteiger partial charge >= 0.3 is 0 Å². The number of methoxy groups -OCH3 is 1. The van der Waals surface area contributed by atoms with Crippen LogP contribution in [0.3, 0.4) is 0 Å². The van der Waals surface area contributed by atoms with Crippen molar-refractivity contribution in [3.63, 3.8) is 0 Å². The molecule has 0 radical (unpaired) electrons. The summed E-state index contributed by atoms with van der Waals surface area (Å²) in [4.78, 5) is 0. The van der Waals surface area contributed by atoms with Crippen molar-refractivity contribution in [2.24, 2.45) is 5.92 Å². The number of hydrogen-bond acceptors (Lipinski definition) is 3. The molecule has 1 atom stereocenters. The second kappa shape index (κ2) is 8.97. The average Bonchev–Trinajstić information content (AvgIpc) is 2.81. The van der Waals surface area contributed by atoms with E-state index in [0.29, 0.717) is 6.04 Å². The minimum atomic E-state index is 0.657. The van der Waals surface area contributed by atoms with Crippen LogP contribution in [0.15, 0.2) is 0 Å². The van der Waals surface area contributed by atoms with Gasteiger partial charge in [-0.25, -0.2) is 0 Å². The molecule has 0 heterocycles. The van der Waals surface area contributed by atoms with Gasteiger partial charge in [0, 0.05) is 32.9 Å². The lowest BCUT2D eigenvalue weighted by Crippen LogP contribution is -2.34. The van der Waals surface area contributed by atoms with Crippen LogP contribution in [0.4, 0.5) is 0 Å². The molecule has 96 valence electrons. The molecule has 0 saturated heterocycles. The van der Waals surface area contributed by atoms with Gasteiger partial charge in [-0.15, -0.1) is 0 Å². The molecular formula is C13H27NO2. The van der Waals surface area contributed by atoms with E-state index in [2.05, 4.69) is 12.2 Å². The van der Waals surface area contributed by atoms with Gasteiger partial charge in [0.05, 0.1) is 6.61 Å². The zero-order valence-corrected chi connectivity index (χ0v) is 10.8. The van der Waals surface area contributed by atoms with Crippen molar-refractivity contribution in [2.45, 2.75) is 45.1 Å². The molecule has 1 rings (SSSR count). The summed E-state index contributed by atoms with van der Waals surface area (Å²) in [6.07, 6.45) is 6.65. The quantitative estimate of drug-likeness (QED) is 0.615. The van der Waals surface area contributed by atoms with Crippen molar-refractivity contribution in [2.75, 3.05) is 33.5 Å². The molecule has 1 fully saturated rings. The lowest BCUT2D eigenvalue weighted by molar-refractivity contribution is 0.102. The summed E-state index contributed by atoms with van der Waals surface area (Å²) in [6.45, 7) is 5.71. The fourth-order valence-electron chi connectivity index (χ4n) is 2.39. The summed E-state index contributed by atoms with van der Waals surface area (Å²) in [7, 11) is 1.73. The van der Waals surface area contributed by atoms with Gasteiger partial charge in [0.1, 0.15) is 0 Å². The van der Waals surface area contributed by atoms with Crippen molar-refractivity contribution in [1.29, 1.82) is 0 Å². The molecule has 0 aliphatic heterocycles. The van der Waals surface area contributed by atoms with E-state index in [4.69, 9.17) is 9.47 Å². The minimum Gasteiger partial charge on any atom is -0.385 e. The van der Waals surface area contributed by atoms with E-state index in [1.807, 2.05) is 0 Å². The lowest BCUT2D eigenvalue weighted by atomic mass is 10.00. The topological polar surface area (TPSA) is 30.5 Å². The molecule has 1 N–H and O–H groups in total. The van der Waals surface area contributed by atoms with Gasteiger partial charge in [-0.2, -0.15) is 0 Å². The highest BCUT2D eigenvalue weighted by atomic mass is 16.5. The van der Waals surface area contributed by atoms with Crippen LogP contribution in [0.1, 0.15) is 39.0 Å². The molecule has 0 aromatic rings. The lowest BCUT2D eigenvalue weighted by Gasteiger charge is -2.20. The Kier molecular flexibility index (Phi) is 7.81. The third kappa shape index (κ3) is 5.83. The van der Waals surface area contributed by atoms with Crippen LogP contribution >= 0.6 is 0 Å². The van der Waals surface area contributed by atoms with Gasteiger partial charge in [-0.3, -0.25) is 0 Å². The van der Waals surface area contributed by atoms with Crippen LogP contribution in [0.5, 0.6) is 0 Å². The normalized spacial score (nSPS) is 19.1. The van der Waals surface area contributed by atoms with E-state index in [1.54, 1.807) is 7.11 Å². The highest BCUT2D eigenvalue weighted by Crippen LogP contribution is 2.27. The molecule has 0 aromatic heterocycles. The molecule has 0 spiro atoms. The predicted octanol–water partition coefficient (Wildman–Crippen LogP) is 2.21. The Morgan fingerprint density at radius 1 is 1.19 bits per heavy atom. The second-order valence-electron chi connectivity index (χ2n) is 4.75. The van der Waals surface area contributed by atoms with Gasteiger partial charge < -0.3 is 14.8 Å². The molecule has 1 aliphatic rings. The second-order valence-corrected chi connectivity index (χ2v) is 4.75. The molecule has 1 saturated carbocycles. The predicted molar refractivity (Wildman–Crippen MR) is 66.7 cm³/mol. The first-order valence-electron chi connectivity index (χ1n) is 6.64. The van der Waals surface area contributed by atoms with Crippen LogP contribution in [0.2, 0.25) is 0 Å². The summed E-state index contributed by atoms with van der Waals surface area (Å²) >= 11 is 0. The average molecular weight is 229 g/mol. The van der Waals surface area contributed by atoms with Gasteiger partial charge in [0.2, 0.25) is 0 Å². The van der Waals surface area contributed by atoms with E-state index < -0.39 is 0 Å². The minimum absolute atomic E-state index is 0.657. The number of rotatable bonds is 9. The number of ether oxygens (including phenoxy) is 2. The Hall–Kier alpha value is -0.120. The van der Waals surface area contributed by atoms with Crippen LogP contribution in [-0.4, -0.2) is 39.5 Å². The molecule has 0 amide bonds. The van der Waals surface area contributed by atoms with Gasteiger partial charge in [-0.05, 0) is 32.1 Å². The maximum Gasteiger partial charge on any atom is 0.0591 e. The molecule has 0 unspecified atom stereocenters. The largest absolute Gasteiger partial charge is 0.385 e.